The molecule has 8 nitrogen and oxygen atoms in total. The Morgan fingerprint density at radius 3 is 1.07 bits per heavy atom. The van der Waals surface area contributed by atoms with Crippen LogP contribution in [0.3, 0.4) is 0 Å². The standard InChI is InChI=1S/C67H131N2O6P/c1-6-8-10-12-14-16-18-20-22-24-26-28-30-32-34-35-37-39-41-43-45-47-49-51-53-55-57-59-61-67(71)68-65(64-75-76(72,73)74-63-62-69(3,4)5)66(70)60-58-56-54-52-50-48-46-44-42-40-38-36-33-31-29-27-25-23-21-19-17-15-13-11-9-7-2/h42,44,50,52,58,60,65-66,70H,6-41,43,45-49,51,53-57,59,61-64H2,1-5H3,(H-,68,71,72,73)/b44-42+,52-50+,60-58+. The minimum Gasteiger partial charge on any atom is -0.756 e. The number of nitrogens with zero attached hydrogens (tertiary/aromatic N) is 1. The maximum Gasteiger partial charge on any atom is 0.268 e. The Hall–Kier alpha value is -1.28. The van der Waals surface area contributed by atoms with Gasteiger partial charge in [0.1, 0.15) is 13.2 Å². The first kappa shape index (κ1) is 74.7. The third-order valence-corrected chi connectivity index (χ3v) is 16.3. The predicted octanol–water partition coefficient (Wildman–Crippen LogP) is 20.3. The maximum absolute atomic E-state index is 13.0. The number of amides is 1. The Balaban J connectivity index is 4.14. The Bertz CT molecular complexity index is 1330. The van der Waals surface area contributed by atoms with Crippen LogP contribution in [0, 0.1) is 0 Å². The SMILES string of the molecule is CCCCCCCCCCCCCCCCCC/C=C/CC/C=C/CC/C=C/C(O)C(COP(=O)([O-])OCC[N+](C)(C)C)NC(=O)CCCCCCCCCCCCCCCCCCCCCCCCCCCCCC. The minimum atomic E-state index is -4.61. The van der Waals surface area contributed by atoms with Crippen molar-refractivity contribution in [2.24, 2.45) is 0 Å². The molecule has 0 fully saturated rings. The first-order valence-electron chi connectivity index (χ1n) is 33.4. The molecule has 450 valence electrons. The molecule has 0 aliphatic carbocycles. The number of carbonyl (C=O) groups excluding carboxylic acids is 1. The van der Waals surface area contributed by atoms with Crippen molar-refractivity contribution >= 4 is 13.7 Å². The summed E-state index contributed by atoms with van der Waals surface area (Å²) in [5.74, 6) is -0.204. The van der Waals surface area contributed by atoms with Crippen LogP contribution in [0.5, 0.6) is 0 Å². The molecule has 3 unspecified atom stereocenters. The van der Waals surface area contributed by atoms with Crippen LogP contribution in [-0.2, 0) is 18.4 Å². The number of aliphatic hydroxyl groups is 1. The minimum absolute atomic E-state index is 0.00714. The van der Waals surface area contributed by atoms with E-state index in [1.807, 2.05) is 27.2 Å². The largest absolute Gasteiger partial charge is 0.756 e. The number of hydrogen-bond acceptors (Lipinski definition) is 6. The van der Waals surface area contributed by atoms with Gasteiger partial charge in [0.15, 0.2) is 0 Å². The number of likely N-dealkylation sites (N-methyl/N-ethyl adjacent to an activating group) is 1. The summed E-state index contributed by atoms with van der Waals surface area (Å²) in [7, 11) is 1.25. The third kappa shape index (κ3) is 60.4. The van der Waals surface area contributed by atoms with Crippen molar-refractivity contribution in [2.45, 2.75) is 347 Å². The van der Waals surface area contributed by atoms with Gasteiger partial charge >= 0.3 is 0 Å². The highest BCUT2D eigenvalue weighted by atomic mass is 31.2. The van der Waals surface area contributed by atoms with Gasteiger partial charge < -0.3 is 28.8 Å². The highest BCUT2D eigenvalue weighted by molar-refractivity contribution is 7.45. The van der Waals surface area contributed by atoms with Gasteiger partial charge in [-0.3, -0.25) is 9.36 Å². The highest BCUT2D eigenvalue weighted by Crippen LogP contribution is 2.38. The van der Waals surface area contributed by atoms with E-state index in [-0.39, 0.29) is 12.5 Å². The van der Waals surface area contributed by atoms with Crippen LogP contribution < -0.4 is 10.2 Å². The third-order valence-electron chi connectivity index (χ3n) is 15.3. The van der Waals surface area contributed by atoms with Crippen molar-refractivity contribution in [3.8, 4) is 0 Å². The molecule has 0 heterocycles. The molecule has 0 aliphatic rings. The number of carbonyl (C=O) groups is 1. The zero-order valence-electron chi connectivity index (χ0n) is 51.5. The van der Waals surface area contributed by atoms with Gasteiger partial charge in [-0.2, -0.15) is 0 Å². The van der Waals surface area contributed by atoms with Crippen molar-refractivity contribution < 1.29 is 32.9 Å². The zero-order valence-corrected chi connectivity index (χ0v) is 52.4. The molecule has 0 radical (unpaired) electrons. The summed E-state index contributed by atoms with van der Waals surface area (Å²) < 4.78 is 23.4. The highest BCUT2D eigenvalue weighted by Gasteiger charge is 2.23. The summed E-state index contributed by atoms with van der Waals surface area (Å²) in [5, 5.41) is 13.9. The first-order chi connectivity index (χ1) is 37.0. The van der Waals surface area contributed by atoms with Gasteiger partial charge in [-0.25, -0.2) is 0 Å². The van der Waals surface area contributed by atoms with Crippen LogP contribution in [0.25, 0.3) is 0 Å². The Labute approximate surface area is 474 Å². The first-order valence-corrected chi connectivity index (χ1v) is 34.8. The van der Waals surface area contributed by atoms with Gasteiger partial charge in [-0.15, -0.1) is 0 Å². The normalized spacial score (nSPS) is 13.9. The van der Waals surface area contributed by atoms with Gasteiger partial charge in [-0.05, 0) is 44.9 Å². The van der Waals surface area contributed by atoms with Crippen molar-refractivity contribution in [1.82, 2.24) is 5.32 Å². The molecule has 0 aromatic rings. The number of rotatable bonds is 62. The number of quaternary nitrogens is 1. The van der Waals surface area contributed by atoms with E-state index in [1.54, 1.807) is 6.08 Å². The molecular formula is C67H131N2O6P. The van der Waals surface area contributed by atoms with Gasteiger partial charge in [-0.1, -0.05) is 320 Å². The quantitative estimate of drug-likeness (QED) is 0.0272. The van der Waals surface area contributed by atoms with Gasteiger partial charge in [0.25, 0.3) is 7.82 Å². The topological polar surface area (TPSA) is 108 Å². The Kier molecular flexibility index (Phi) is 57.4. The van der Waals surface area contributed by atoms with Crippen LogP contribution in [0.15, 0.2) is 36.5 Å². The lowest BCUT2D eigenvalue weighted by Gasteiger charge is -2.29. The molecule has 0 aromatic heterocycles. The van der Waals surface area contributed by atoms with Gasteiger partial charge in [0.05, 0.1) is 39.9 Å². The number of allylic oxidation sites excluding steroid dienone is 5. The fourth-order valence-corrected chi connectivity index (χ4v) is 10.9. The van der Waals surface area contributed by atoms with Gasteiger partial charge in [0, 0.05) is 6.42 Å². The molecule has 0 spiro atoms. The molecule has 2 N–H and O–H groups in total. The van der Waals surface area contributed by atoms with Crippen molar-refractivity contribution in [1.29, 1.82) is 0 Å². The van der Waals surface area contributed by atoms with Crippen LogP contribution in [0.1, 0.15) is 335 Å². The molecule has 0 saturated heterocycles. The fourth-order valence-electron chi connectivity index (χ4n) is 10.1. The average molecular weight is 1090 g/mol. The lowest BCUT2D eigenvalue weighted by atomic mass is 10.0. The lowest BCUT2D eigenvalue weighted by molar-refractivity contribution is -0.870. The van der Waals surface area contributed by atoms with Crippen molar-refractivity contribution in [3.63, 3.8) is 0 Å². The van der Waals surface area contributed by atoms with Crippen molar-refractivity contribution in [3.05, 3.63) is 36.5 Å². The molecule has 0 aliphatic heterocycles. The van der Waals surface area contributed by atoms with Crippen molar-refractivity contribution in [2.75, 3.05) is 40.9 Å². The predicted molar refractivity (Wildman–Crippen MR) is 330 cm³/mol. The molecule has 0 rings (SSSR count). The molecule has 0 saturated carbocycles. The number of aliphatic hydroxyl groups excluding tert-OH is 1. The van der Waals surface area contributed by atoms with E-state index in [9.17, 15) is 19.4 Å². The summed E-state index contributed by atoms with van der Waals surface area (Å²) >= 11 is 0. The molecule has 0 aromatic carbocycles. The Morgan fingerprint density at radius 1 is 0.447 bits per heavy atom. The van der Waals surface area contributed by atoms with E-state index in [4.69, 9.17) is 9.05 Å². The lowest BCUT2D eigenvalue weighted by Crippen LogP contribution is -2.45. The number of unbranched alkanes of at least 4 members (excludes halogenated alkanes) is 45. The van der Waals surface area contributed by atoms with Crippen LogP contribution >= 0.6 is 7.82 Å². The summed E-state index contributed by atoms with van der Waals surface area (Å²) in [4.78, 5) is 25.6. The average Bonchev–Trinajstić information content (AvgIpc) is 3.38. The van der Waals surface area contributed by atoms with Crippen LogP contribution in [0.4, 0.5) is 0 Å². The summed E-state index contributed by atoms with van der Waals surface area (Å²) in [6.45, 7) is 4.68. The van der Waals surface area contributed by atoms with E-state index in [2.05, 4.69) is 43.5 Å². The van der Waals surface area contributed by atoms with E-state index >= 15 is 0 Å². The summed E-state index contributed by atoms with van der Waals surface area (Å²) in [6.07, 6.45) is 76.9. The molecule has 3 atom stereocenters. The molecule has 0 bridgehead atoms. The monoisotopic (exact) mass is 1090 g/mol. The maximum atomic E-state index is 13.0. The van der Waals surface area contributed by atoms with Gasteiger partial charge in [0.2, 0.25) is 5.91 Å². The number of phosphoric ester groups is 1. The number of phosphoric acid groups is 1. The summed E-state index contributed by atoms with van der Waals surface area (Å²) in [5.41, 5.74) is 0. The Morgan fingerprint density at radius 2 is 0.737 bits per heavy atom. The van der Waals surface area contributed by atoms with Crippen LogP contribution in [-0.4, -0.2) is 68.5 Å². The summed E-state index contributed by atoms with van der Waals surface area (Å²) in [6, 6.07) is -0.909. The number of hydrogen-bond donors (Lipinski definition) is 2. The molecular weight excluding hydrogens is 960 g/mol. The zero-order chi connectivity index (χ0) is 55.6. The van der Waals surface area contributed by atoms with Crippen LogP contribution in [0.2, 0.25) is 0 Å². The molecule has 1 amide bonds. The van der Waals surface area contributed by atoms with E-state index < -0.39 is 26.6 Å². The number of nitrogens with one attached hydrogen (secondary N) is 1. The van der Waals surface area contributed by atoms with E-state index in [0.717, 1.165) is 44.9 Å². The second-order valence-corrected chi connectivity index (χ2v) is 25.6. The van der Waals surface area contributed by atoms with E-state index in [0.29, 0.717) is 17.4 Å². The molecule has 9 heteroatoms. The van der Waals surface area contributed by atoms with E-state index in [1.165, 1.54) is 270 Å². The second kappa shape index (κ2) is 58.4. The smallest absolute Gasteiger partial charge is 0.268 e. The fraction of sp³-hybridized carbons (Fsp3) is 0.896. The molecule has 76 heavy (non-hydrogen) atoms. The second-order valence-electron chi connectivity index (χ2n) is 24.2.